The molecule has 104 valence electrons. The van der Waals surface area contributed by atoms with E-state index in [1.165, 1.54) is 31.2 Å². The molecule has 2 bridgehead atoms. The molecular formula is C17H25NO. The van der Waals surface area contributed by atoms with E-state index in [2.05, 4.69) is 24.3 Å². The van der Waals surface area contributed by atoms with Crippen molar-refractivity contribution in [1.29, 1.82) is 0 Å². The van der Waals surface area contributed by atoms with Crippen LogP contribution in [0.3, 0.4) is 0 Å². The van der Waals surface area contributed by atoms with E-state index in [9.17, 15) is 0 Å². The van der Waals surface area contributed by atoms with Gasteiger partial charge in [-0.05, 0) is 68.1 Å². The first kappa shape index (κ1) is 13.0. The van der Waals surface area contributed by atoms with Gasteiger partial charge in [0.1, 0.15) is 5.75 Å². The van der Waals surface area contributed by atoms with Crippen LogP contribution >= 0.6 is 0 Å². The minimum atomic E-state index is 0.209. The second-order valence-electron chi connectivity index (χ2n) is 6.57. The van der Waals surface area contributed by atoms with Gasteiger partial charge in [0.05, 0.1) is 6.61 Å². The van der Waals surface area contributed by atoms with Gasteiger partial charge >= 0.3 is 0 Å². The average Bonchev–Trinajstić information content (AvgIpc) is 2.98. The van der Waals surface area contributed by atoms with E-state index >= 15 is 0 Å². The normalized spacial score (nSPS) is 30.5. The first-order chi connectivity index (χ1) is 9.20. The van der Waals surface area contributed by atoms with Crippen molar-refractivity contribution in [3.63, 3.8) is 0 Å². The van der Waals surface area contributed by atoms with Gasteiger partial charge in [0, 0.05) is 6.04 Å². The molecule has 2 nitrogen and oxygen atoms in total. The molecule has 0 heterocycles. The van der Waals surface area contributed by atoms with Crippen molar-refractivity contribution in [2.45, 2.75) is 45.1 Å². The van der Waals surface area contributed by atoms with Crippen LogP contribution in [0, 0.1) is 17.8 Å². The van der Waals surface area contributed by atoms with Crippen molar-refractivity contribution in [2.24, 2.45) is 23.5 Å². The summed E-state index contributed by atoms with van der Waals surface area (Å²) in [5.74, 6) is 3.76. The molecule has 2 fully saturated rings. The van der Waals surface area contributed by atoms with Crippen LogP contribution in [0.5, 0.6) is 5.75 Å². The summed E-state index contributed by atoms with van der Waals surface area (Å²) in [6.45, 7) is 2.95. The fourth-order valence-corrected chi connectivity index (χ4v) is 3.92. The Bertz CT molecular complexity index is 429. The van der Waals surface area contributed by atoms with Gasteiger partial charge in [-0.2, -0.15) is 0 Å². The lowest BCUT2D eigenvalue weighted by molar-refractivity contribution is 0.195. The van der Waals surface area contributed by atoms with Gasteiger partial charge in [0.15, 0.2) is 0 Å². The molecule has 0 radical (unpaired) electrons. The average molecular weight is 259 g/mol. The highest BCUT2D eigenvalue weighted by Crippen LogP contribution is 2.48. The van der Waals surface area contributed by atoms with Crippen LogP contribution in [-0.2, 0) is 6.42 Å². The zero-order valence-corrected chi connectivity index (χ0v) is 11.8. The number of fused-ring (bicyclic) bond motifs is 2. The Balaban J connectivity index is 1.55. The second-order valence-corrected chi connectivity index (χ2v) is 6.57. The Labute approximate surface area is 116 Å². The number of hydrogen-bond donors (Lipinski definition) is 1. The zero-order chi connectivity index (χ0) is 13.2. The summed E-state index contributed by atoms with van der Waals surface area (Å²) in [6.07, 6.45) is 6.67. The van der Waals surface area contributed by atoms with Crippen LogP contribution in [0.4, 0.5) is 0 Å². The predicted molar refractivity (Wildman–Crippen MR) is 78.2 cm³/mol. The molecule has 4 unspecified atom stereocenters. The molecule has 1 aromatic rings. The maximum absolute atomic E-state index is 6.02. The van der Waals surface area contributed by atoms with Crippen molar-refractivity contribution < 1.29 is 4.74 Å². The summed E-state index contributed by atoms with van der Waals surface area (Å²) >= 11 is 0. The molecule has 3 rings (SSSR count). The van der Waals surface area contributed by atoms with Gasteiger partial charge in [-0.25, -0.2) is 0 Å². The Morgan fingerprint density at radius 2 is 2.21 bits per heavy atom. The molecule has 2 N–H and O–H groups in total. The SMILES string of the molecule is CC(N)Cc1cccc(OCC2CC3CCC2C3)c1. The molecule has 1 aromatic carbocycles. The zero-order valence-electron chi connectivity index (χ0n) is 11.8. The predicted octanol–water partition coefficient (Wildman–Crippen LogP) is 3.39. The molecule has 0 aromatic heterocycles. The van der Waals surface area contributed by atoms with E-state index in [0.29, 0.717) is 0 Å². The molecule has 0 amide bonds. The van der Waals surface area contributed by atoms with Crippen LogP contribution in [-0.4, -0.2) is 12.6 Å². The number of benzene rings is 1. The molecule has 2 saturated carbocycles. The molecule has 2 heteroatoms. The van der Waals surface area contributed by atoms with E-state index < -0.39 is 0 Å². The largest absolute Gasteiger partial charge is 0.493 e. The highest BCUT2D eigenvalue weighted by atomic mass is 16.5. The summed E-state index contributed by atoms with van der Waals surface area (Å²) in [5.41, 5.74) is 7.13. The fourth-order valence-electron chi connectivity index (χ4n) is 3.92. The summed E-state index contributed by atoms with van der Waals surface area (Å²) in [4.78, 5) is 0. The first-order valence-electron chi connectivity index (χ1n) is 7.68. The lowest BCUT2D eigenvalue weighted by atomic mass is 9.89. The van der Waals surface area contributed by atoms with Crippen LogP contribution in [0.2, 0.25) is 0 Å². The van der Waals surface area contributed by atoms with Crippen LogP contribution < -0.4 is 10.5 Å². The van der Waals surface area contributed by atoms with Crippen molar-refractivity contribution in [3.05, 3.63) is 29.8 Å². The third kappa shape index (κ3) is 3.11. The third-order valence-corrected chi connectivity index (χ3v) is 4.80. The quantitative estimate of drug-likeness (QED) is 0.879. The van der Waals surface area contributed by atoms with Crippen LogP contribution in [0.25, 0.3) is 0 Å². The smallest absolute Gasteiger partial charge is 0.119 e. The molecule has 0 spiro atoms. The van der Waals surface area contributed by atoms with Gasteiger partial charge in [0.2, 0.25) is 0 Å². The highest BCUT2D eigenvalue weighted by Gasteiger charge is 2.39. The standard InChI is InChI=1S/C17H25NO/c1-12(18)7-13-3-2-4-17(10-13)19-11-16-9-14-5-6-15(16)8-14/h2-4,10,12,14-16H,5-9,11,18H2,1H3. The molecule has 0 aliphatic heterocycles. The molecule has 4 atom stereocenters. The molecule has 2 aliphatic carbocycles. The topological polar surface area (TPSA) is 35.2 Å². The minimum absolute atomic E-state index is 0.209. The maximum Gasteiger partial charge on any atom is 0.119 e. The number of ether oxygens (including phenoxy) is 1. The molecule has 0 saturated heterocycles. The van der Waals surface area contributed by atoms with Crippen molar-refractivity contribution >= 4 is 0 Å². The van der Waals surface area contributed by atoms with E-state index in [1.54, 1.807) is 0 Å². The number of rotatable bonds is 5. The Hall–Kier alpha value is -1.02. The van der Waals surface area contributed by atoms with Gasteiger partial charge in [-0.1, -0.05) is 18.6 Å². The Morgan fingerprint density at radius 3 is 2.89 bits per heavy atom. The van der Waals surface area contributed by atoms with Gasteiger partial charge in [0.25, 0.3) is 0 Å². The van der Waals surface area contributed by atoms with E-state index in [1.807, 2.05) is 6.92 Å². The van der Waals surface area contributed by atoms with E-state index in [4.69, 9.17) is 10.5 Å². The monoisotopic (exact) mass is 259 g/mol. The highest BCUT2D eigenvalue weighted by molar-refractivity contribution is 5.29. The fraction of sp³-hybridized carbons (Fsp3) is 0.647. The Morgan fingerprint density at radius 1 is 1.32 bits per heavy atom. The van der Waals surface area contributed by atoms with Crippen molar-refractivity contribution in [1.82, 2.24) is 0 Å². The summed E-state index contributed by atoms with van der Waals surface area (Å²) < 4.78 is 6.02. The maximum atomic E-state index is 6.02. The number of hydrogen-bond acceptors (Lipinski definition) is 2. The summed E-state index contributed by atoms with van der Waals surface area (Å²) in [6, 6.07) is 8.64. The van der Waals surface area contributed by atoms with Crippen LogP contribution in [0.15, 0.2) is 24.3 Å². The summed E-state index contributed by atoms with van der Waals surface area (Å²) in [7, 11) is 0. The first-order valence-corrected chi connectivity index (χ1v) is 7.68. The minimum Gasteiger partial charge on any atom is -0.493 e. The molecule has 2 aliphatic rings. The van der Waals surface area contributed by atoms with Crippen molar-refractivity contribution in [2.75, 3.05) is 6.61 Å². The van der Waals surface area contributed by atoms with Crippen molar-refractivity contribution in [3.8, 4) is 5.75 Å². The number of nitrogens with two attached hydrogens (primary N) is 1. The Kier molecular flexibility index (Phi) is 3.79. The van der Waals surface area contributed by atoms with Crippen LogP contribution in [0.1, 0.15) is 38.2 Å². The molecule has 19 heavy (non-hydrogen) atoms. The second kappa shape index (κ2) is 5.54. The van der Waals surface area contributed by atoms with Gasteiger partial charge < -0.3 is 10.5 Å². The van der Waals surface area contributed by atoms with Gasteiger partial charge in [-0.3, -0.25) is 0 Å². The third-order valence-electron chi connectivity index (χ3n) is 4.80. The van der Waals surface area contributed by atoms with Gasteiger partial charge in [-0.15, -0.1) is 0 Å². The van der Waals surface area contributed by atoms with E-state index in [-0.39, 0.29) is 6.04 Å². The lowest BCUT2D eigenvalue weighted by Gasteiger charge is -2.22. The summed E-state index contributed by atoms with van der Waals surface area (Å²) in [5, 5.41) is 0. The lowest BCUT2D eigenvalue weighted by Crippen LogP contribution is -2.19. The molecular weight excluding hydrogens is 234 g/mol. The van der Waals surface area contributed by atoms with E-state index in [0.717, 1.165) is 36.5 Å².